The lowest BCUT2D eigenvalue weighted by atomic mass is 10.3. The number of aromatic nitrogens is 3. The fourth-order valence-corrected chi connectivity index (χ4v) is 3.48. The van der Waals surface area contributed by atoms with Crippen molar-refractivity contribution in [2.24, 2.45) is 0 Å². The highest BCUT2D eigenvalue weighted by Crippen LogP contribution is 2.26. The van der Waals surface area contributed by atoms with Crippen molar-refractivity contribution in [3.05, 3.63) is 22.8 Å². The molecule has 0 saturated carbocycles. The van der Waals surface area contributed by atoms with Crippen LogP contribution in [-0.4, -0.2) is 30.7 Å². The smallest absolute Gasteiger partial charge is 0.316 e. The van der Waals surface area contributed by atoms with Crippen molar-refractivity contribution < 1.29 is 17.7 Å². The van der Waals surface area contributed by atoms with Crippen molar-refractivity contribution in [1.29, 1.82) is 0 Å². The van der Waals surface area contributed by atoms with Crippen molar-refractivity contribution >= 4 is 15.7 Å². The second-order valence-corrected chi connectivity index (χ2v) is 6.13. The summed E-state index contributed by atoms with van der Waals surface area (Å²) in [4.78, 5) is 8.15. The van der Waals surface area contributed by atoms with Crippen LogP contribution in [0.15, 0.2) is 9.42 Å². The van der Waals surface area contributed by atoms with E-state index in [9.17, 15) is 8.42 Å². The van der Waals surface area contributed by atoms with Gasteiger partial charge < -0.3 is 9.26 Å². The predicted molar refractivity (Wildman–Crippen MR) is 74.8 cm³/mol. The van der Waals surface area contributed by atoms with E-state index in [0.29, 0.717) is 22.8 Å². The van der Waals surface area contributed by atoms with Gasteiger partial charge in [0.2, 0.25) is 0 Å². The number of nitrogens with zero attached hydrogens (tertiary/aromatic N) is 3. The number of sulfonamides is 1. The molecule has 8 nitrogen and oxygen atoms in total. The first-order chi connectivity index (χ1) is 9.76. The second kappa shape index (κ2) is 5.32. The minimum absolute atomic E-state index is 0.0251. The topological polar surface area (TPSA) is 107 Å². The zero-order valence-electron chi connectivity index (χ0n) is 12.4. The minimum atomic E-state index is -3.82. The van der Waals surface area contributed by atoms with E-state index in [1.807, 2.05) is 0 Å². The summed E-state index contributed by atoms with van der Waals surface area (Å²) in [7, 11) is -2.38. The van der Waals surface area contributed by atoms with Gasteiger partial charge >= 0.3 is 6.01 Å². The quantitative estimate of drug-likeness (QED) is 0.911. The fraction of sp³-hybridized carbons (Fsp3) is 0.417. The van der Waals surface area contributed by atoms with Gasteiger partial charge in [0.1, 0.15) is 5.69 Å². The van der Waals surface area contributed by atoms with Crippen LogP contribution in [-0.2, 0) is 10.0 Å². The average molecular weight is 312 g/mol. The summed E-state index contributed by atoms with van der Waals surface area (Å²) in [5.74, 6) is 0.227. The Labute approximate surface area is 122 Å². The number of hydrogen-bond donors (Lipinski definition) is 1. The van der Waals surface area contributed by atoms with E-state index >= 15 is 0 Å². The van der Waals surface area contributed by atoms with Crippen LogP contribution in [0.25, 0.3) is 0 Å². The molecule has 0 unspecified atom stereocenters. The van der Waals surface area contributed by atoms with E-state index in [-0.39, 0.29) is 16.7 Å². The number of nitrogens with one attached hydrogen (secondary N) is 1. The molecular formula is C12H16N4O4S. The van der Waals surface area contributed by atoms with Crippen LogP contribution in [0.5, 0.6) is 6.01 Å². The van der Waals surface area contributed by atoms with E-state index in [1.54, 1.807) is 27.7 Å². The standard InChI is InChI=1S/C12H16N4O4S/c1-6-10(7(2)14-12(13-6)19-5)16-21(17,18)11-8(3)15-20-9(11)4/h16H,1-5H3. The maximum atomic E-state index is 12.5. The molecule has 0 bridgehead atoms. The molecule has 0 spiro atoms. The molecule has 0 fully saturated rings. The maximum Gasteiger partial charge on any atom is 0.316 e. The summed E-state index contributed by atoms with van der Waals surface area (Å²) in [5, 5.41) is 3.65. The van der Waals surface area contributed by atoms with E-state index in [1.165, 1.54) is 7.11 Å². The monoisotopic (exact) mass is 312 g/mol. The SMILES string of the molecule is COc1nc(C)c(NS(=O)(=O)c2c(C)noc2C)c(C)n1. The van der Waals surface area contributed by atoms with Crippen LogP contribution in [0.3, 0.4) is 0 Å². The van der Waals surface area contributed by atoms with Gasteiger partial charge in [-0.15, -0.1) is 0 Å². The first-order valence-electron chi connectivity index (χ1n) is 6.11. The van der Waals surface area contributed by atoms with Crippen LogP contribution in [0.1, 0.15) is 22.8 Å². The van der Waals surface area contributed by atoms with Crippen molar-refractivity contribution in [2.75, 3.05) is 11.8 Å². The van der Waals surface area contributed by atoms with Crippen LogP contribution in [0.4, 0.5) is 5.69 Å². The summed E-state index contributed by atoms with van der Waals surface area (Å²) >= 11 is 0. The van der Waals surface area contributed by atoms with Crippen LogP contribution >= 0.6 is 0 Å². The lowest BCUT2D eigenvalue weighted by molar-refractivity contribution is 0.378. The van der Waals surface area contributed by atoms with E-state index in [2.05, 4.69) is 19.8 Å². The van der Waals surface area contributed by atoms with Crippen molar-refractivity contribution in [1.82, 2.24) is 15.1 Å². The Bertz CT molecular complexity index is 740. The molecule has 9 heteroatoms. The molecule has 0 aliphatic heterocycles. The summed E-state index contributed by atoms with van der Waals surface area (Å²) in [6.45, 7) is 6.44. The molecule has 114 valence electrons. The third-order valence-corrected chi connectivity index (χ3v) is 4.50. The van der Waals surface area contributed by atoms with Gasteiger partial charge in [-0.1, -0.05) is 5.16 Å². The molecule has 0 aliphatic carbocycles. The normalized spacial score (nSPS) is 11.5. The molecular weight excluding hydrogens is 296 g/mol. The van der Waals surface area contributed by atoms with Gasteiger partial charge in [0.05, 0.1) is 24.2 Å². The summed E-state index contributed by atoms with van der Waals surface area (Å²) in [6, 6.07) is 0.185. The van der Waals surface area contributed by atoms with Crippen molar-refractivity contribution in [3.8, 4) is 6.01 Å². The van der Waals surface area contributed by atoms with Crippen molar-refractivity contribution in [2.45, 2.75) is 32.6 Å². The molecule has 2 aromatic rings. The summed E-state index contributed by atoms with van der Waals surface area (Å²) in [5.41, 5.74) is 1.55. The second-order valence-electron chi connectivity index (χ2n) is 4.51. The van der Waals surface area contributed by atoms with Crippen LogP contribution < -0.4 is 9.46 Å². The molecule has 0 saturated heterocycles. The van der Waals surface area contributed by atoms with E-state index in [4.69, 9.17) is 9.26 Å². The van der Waals surface area contributed by atoms with Crippen LogP contribution in [0, 0.1) is 27.7 Å². The molecule has 2 rings (SSSR count). The predicted octanol–water partition coefficient (Wildman–Crippen LogP) is 1.51. The number of anilines is 1. The average Bonchev–Trinajstić information content (AvgIpc) is 2.73. The van der Waals surface area contributed by atoms with Gasteiger partial charge in [0.15, 0.2) is 10.7 Å². The lowest BCUT2D eigenvalue weighted by Gasteiger charge is -2.12. The molecule has 0 atom stereocenters. The molecule has 0 aromatic carbocycles. The first-order valence-corrected chi connectivity index (χ1v) is 7.59. The third kappa shape index (κ3) is 2.82. The van der Waals surface area contributed by atoms with Gasteiger partial charge in [-0.05, 0) is 27.7 Å². The molecule has 0 aliphatic rings. The molecule has 21 heavy (non-hydrogen) atoms. The minimum Gasteiger partial charge on any atom is -0.467 e. The molecule has 0 amide bonds. The first kappa shape index (κ1) is 15.2. The van der Waals surface area contributed by atoms with Gasteiger partial charge in [0, 0.05) is 0 Å². The summed E-state index contributed by atoms with van der Waals surface area (Å²) in [6.07, 6.45) is 0. The Morgan fingerprint density at radius 2 is 1.62 bits per heavy atom. The Morgan fingerprint density at radius 3 is 2.05 bits per heavy atom. The highest BCUT2D eigenvalue weighted by Gasteiger charge is 2.26. The molecule has 0 radical (unpaired) electrons. The largest absolute Gasteiger partial charge is 0.467 e. The van der Waals surface area contributed by atoms with E-state index in [0.717, 1.165) is 0 Å². The fourth-order valence-electron chi connectivity index (χ4n) is 1.97. The Balaban J connectivity index is 2.47. The number of aryl methyl sites for hydroxylation is 4. The number of ether oxygens (including phenoxy) is 1. The number of hydrogen-bond acceptors (Lipinski definition) is 7. The molecule has 2 heterocycles. The number of rotatable bonds is 4. The highest BCUT2D eigenvalue weighted by atomic mass is 32.2. The molecule has 2 aromatic heterocycles. The van der Waals surface area contributed by atoms with Crippen LogP contribution in [0.2, 0.25) is 0 Å². The summed E-state index contributed by atoms with van der Waals surface area (Å²) < 4.78 is 37.3. The Morgan fingerprint density at radius 1 is 1.05 bits per heavy atom. The highest BCUT2D eigenvalue weighted by molar-refractivity contribution is 7.92. The van der Waals surface area contributed by atoms with Gasteiger partial charge in [-0.2, -0.15) is 9.97 Å². The van der Waals surface area contributed by atoms with Crippen molar-refractivity contribution in [3.63, 3.8) is 0 Å². The Kier molecular flexibility index (Phi) is 3.86. The maximum absolute atomic E-state index is 12.5. The zero-order valence-corrected chi connectivity index (χ0v) is 13.2. The lowest BCUT2D eigenvalue weighted by Crippen LogP contribution is -2.17. The van der Waals surface area contributed by atoms with Gasteiger partial charge in [-0.25, -0.2) is 8.42 Å². The van der Waals surface area contributed by atoms with Gasteiger partial charge in [-0.3, -0.25) is 4.72 Å². The van der Waals surface area contributed by atoms with Gasteiger partial charge in [0.25, 0.3) is 10.0 Å². The Hall–Kier alpha value is -2.16. The number of methoxy groups -OCH3 is 1. The third-order valence-electron chi connectivity index (χ3n) is 2.91. The zero-order chi connectivity index (χ0) is 15.8. The molecule has 1 N–H and O–H groups in total. The van der Waals surface area contributed by atoms with E-state index < -0.39 is 10.0 Å².